The zero-order chi connectivity index (χ0) is 11.7. The van der Waals surface area contributed by atoms with Gasteiger partial charge in [-0.15, -0.1) is 0 Å². The van der Waals surface area contributed by atoms with E-state index >= 15 is 0 Å². The van der Waals surface area contributed by atoms with Gasteiger partial charge in [-0.25, -0.2) is 4.57 Å². The van der Waals surface area contributed by atoms with E-state index in [0.717, 1.165) is 6.92 Å². The lowest BCUT2D eigenvalue weighted by Gasteiger charge is -1.96. The van der Waals surface area contributed by atoms with Crippen LogP contribution in [0.5, 0.6) is 0 Å². The number of carboxylic acid groups (broad SMARTS) is 1. The van der Waals surface area contributed by atoms with Crippen LogP contribution in [0.25, 0.3) is 0 Å². The number of rotatable bonds is 3. The van der Waals surface area contributed by atoms with Crippen molar-refractivity contribution >= 4 is 5.97 Å². The average molecular weight is 209 g/mol. The van der Waals surface area contributed by atoms with E-state index in [1.807, 2.05) is 0 Å². The zero-order valence-corrected chi connectivity index (χ0v) is 9.69. The molecule has 3 heteroatoms. The van der Waals surface area contributed by atoms with E-state index in [1.54, 1.807) is 0 Å². The summed E-state index contributed by atoms with van der Waals surface area (Å²) in [5.41, 5.74) is 1.43. The Morgan fingerprint density at radius 1 is 1.47 bits per heavy atom. The topological polar surface area (TPSA) is 44.0 Å². The molecule has 1 aromatic heterocycles. The number of carbonyl (C=O) groups is 1. The fraction of sp³-hybridized carbons (Fsp3) is 0.500. The predicted octanol–water partition coefficient (Wildman–Crippen LogP) is 0.610. The summed E-state index contributed by atoms with van der Waals surface area (Å²) in [6, 6.07) is 6.36. The van der Waals surface area contributed by atoms with Gasteiger partial charge in [0.2, 0.25) is 0 Å². The molecule has 0 amide bonds. The standard InChI is InChI=1S/C10H16N.C2H4O2/c1-3-4-7-10-8-5-6-9-11(10)2;1-2(3)4/h5-6,8-9H,3-4,7H2,1-2H3;1H3,(H,3,4)/q+1;/p-1. The third-order valence-corrected chi connectivity index (χ3v) is 1.95. The number of pyridine rings is 1. The van der Waals surface area contributed by atoms with Gasteiger partial charge in [0.1, 0.15) is 7.05 Å². The van der Waals surface area contributed by atoms with E-state index < -0.39 is 5.97 Å². The van der Waals surface area contributed by atoms with Gasteiger partial charge in [0, 0.05) is 24.5 Å². The Labute approximate surface area is 91.4 Å². The molecule has 0 N–H and O–H groups in total. The van der Waals surface area contributed by atoms with Crippen LogP contribution in [0.4, 0.5) is 0 Å². The van der Waals surface area contributed by atoms with Gasteiger partial charge in [0.25, 0.3) is 0 Å². The summed E-state index contributed by atoms with van der Waals surface area (Å²) in [6.07, 6.45) is 5.87. The number of nitrogens with zero attached hydrogens (tertiary/aromatic N) is 1. The normalized spacial score (nSPS) is 9.00. The molecule has 0 unspecified atom stereocenters. The summed E-state index contributed by atoms with van der Waals surface area (Å²) < 4.78 is 2.19. The van der Waals surface area contributed by atoms with E-state index in [0.29, 0.717) is 0 Å². The van der Waals surface area contributed by atoms with Crippen LogP contribution in [0.3, 0.4) is 0 Å². The molecule has 0 aliphatic heterocycles. The fourth-order valence-corrected chi connectivity index (χ4v) is 1.18. The Balaban J connectivity index is 0.000000423. The maximum Gasteiger partial charge on any atom is 0.181 e. The maximum atomic E-state index is 8.89. The van der Waals surface area contributed by atoms with Crippen molar-refractivity contribution in [2.24, 2.45) is 7.05 Å². The second kappa shape index (κ2) is 7.97. The van der Waals surface area contributed by atoms with Crippen LogP contribution in [0.1, 0.15) is 32.4 Å². The van der Waals surface area contributed by atoms with Crippen LogP contribution in [0.15, 0.2) is 24.4 Å². The molecule has 1 heterocycles. The molecule has 0 aliphatic carbocycles. The van der Waals surface area contributed by atoms with E-state index in [9.17, 15) is 0 Å². The largest absolute Gasteiger partial charge is 0.550 e. The molecule has 0 bridgehead atoms. The Hall–Kier alpha value is -1.38. The van der Waals surface area contributed by atoms with Crippen molar-refractivity contribution in [2.75, 3.05) is 0 Å². The molecule has 0 radical (unpaired) electrons. The number of carbonyl (C=O) groups excluding carboxylic acids is 1. The first-order valence-corrected chi connectivity index (χ1v) is 5.19. The molecule has 0 fully saturated rings. The van der Waals surface area contributed by atoms with Gasteiger partial charge >= 0.3 is 0 Å². The van der Waals surface area contributed by atoms with Crippen LogP contribution in [0, 0.1) is 0 Å². The van der Waals surface area contributed by atoms with Gasteiger partial charge in [-0.05, 0) is 13.3 Å². The number of aliphatic carboxylic acids is 1. The van der Waals surface area contributed by atoms with Crippen LogP contribution >= 0.6 is 0 Å². The Bertz CT molecular complexity index is 293. The number of hydrogen-bond donors (Lipinski definition) is 0. The van der Waals surface area contributed by atoms with Gasteiger partial charge in [0.15, 0.2) is 11.9 Å². The van der Waals surface area contributed by atoms with Gasteiger partial charge in [-0.1, -0.05) is 19.4 Å². The quantitative estimate of drug-likeness (QED) is 0.685. The van der Waals surface area contributed by atoms with Crippen molar-refractivity contribution in [2.45, 2.75) is 33.1 Å². The maximum absolute atomic E-state index is 8.89. The molecule has 1 aromatic rings. The molecule has 0 atom stereocenters. The lowest BCUT2D eigenvalue weighted by Crippen LogP contribution is -2.32. The highest BCUT2D eigenvalue weighted by Gasteiger charge is 2.01. The molecule has 0 saturated heterocycles. The summed E-state index contributed by atoms with van der Waals surface area (Å²) in [6.45, 7) is 3.20. The number of aromatic nitrogens is 1. The van der Waals surface area contributed by atoms with Crippen molar-refractivity contribution in [1.82, 2.24) is 0 Å². The fourth-order valence-electron chi connectivity index (χ4n) is 1.18. The van der Waals surface area contributed by atoms with Crippen molar-refractivity contribution in [3.05, 3.63) is 30.1 Å². The lowest BCUT2D eigenvalue weighted by molar-refractivity contribution is -0.679. The number of carboxylic acids is 1. The van der Waals surface area contributed by atoms with Gasteiger partial charge in [0.05, 0.1) is 0 Å². The highest BCUT2D eigenvalue weighted by molar-refractivity contribution is 5.60. The van der Waals surface area contributed by atoms with Crippen LogP contribution in [0.2, 0.25) is 0 Å². The number of hydrogen-bond acceptors (Lipinski definition) is 2. The third kappa shape index (κ3) is 7.67. The summed E-state index contributed by atoms with van der Waals surface area (Å²) in [5.74, 6) is -1.08. The summed E-state index contributed by atoms with van der Waals surface area (Å²) in [7, 11) is 2.10. The Morgan fingerprint density at radius 2 is 2.07 bits per heavy atom. The summed E-state index contributed by atoms with van der Waals surface area (Å²) in [4.78, 5) is 8.89. The Morgan fingerprint density at radius 3 is 2.53 bits per heavy atom. The third-order valence-electron chi connectivity index (χ3n) is 1.95. The second-order valence-corrected chi connectivity index (χ2v) is 3.40. The Kier molecular flexibility index (Phi) is 7.24. The molecule has 0 aliphatic rings. The number of unbranched alkanes of at least 4 members (excludes halogenated alkanes) is 1. The SMILES string of the molecule is CC(=O)[O-].CCCCc1cccc[n+]1C. The molecule has 84 valence electrons. The monoisotopic (exact) mass is 209 g/mol. The number of aryl methyl sites for hydroxylation is 2. The lowest BCUT2D eigenvalue weighted by atomic mass is 10.2. The molecule has 0 saturated carbocycles. The van der Waals surface area contributed by atoms with Crippen molar-refractivity contribution < 1.29 is 14.5 Å². The summed E-state index contributed by atoms with van der Waals surface area (Å²) >= 11 is 0. The first kappa shape index (κ1) is 13.6. The minimum atomic E-state index is -1.08. The highest BCUT2D eigenvalue weighted by Crippen LogP contribution is 1.97. The van der Waals surface area contributed by atoms with Gasteiger partial charge in [-0.2, -0.15) is 0 Å². The highest BCUT2D eigenvalue weighted by atomic mass is 16.4. The minimum absolute atomic E-state index is 0.972. The molecule has 0 spiro atoms. The van der Waals surface area contributed by atoms with Crippen molar-refractivity contribution in [3.63, 3.8) is 0 Å². The van der Waals surface area contributed by atoms with E-state index in [-0.39, 0.29) is 0 Å². The molecular weight excluding hydrogens is 190 g/mol. The molecule has 0 aromatic carbocycles. The summed E-state index contributed by atoms with van der Waals surface area (Å²) in [5, 5.41) is 8.89. The smallest absolute Gasteiger partial charge is 0.181 e. The van der Waals surface area contributed by atoms with E-state index in [4.69, 9.17) is 9.90 Å². The average Bonchev–Trinajstić information content (AvgIpc) is 2.16. The molecule has 1 rings (SSSR count). The van der Waals surface area contributed by atoms with Crippen LogP contribution in [-0.4, -0.2) is 5.97 Å². The predicted molar refractivity (Wildman–Crippen MR) is 56.9 cm³/mol. The van der Waals surface area contributed by atoms with Crippen molar-refractivity contribution in [3.8, 4) is 0 Å². The van der Waals surface area contributed by atoms with E-state index in [1.165, 1.54) is 25.0 Å². The first-order chi connectivity index (χ1) is 7.07. The van der Waals surface area contributed by atoms with Crippen molar-refractivity contribution in [1.29, 1.82) is 0 Å². The second-order valence-electron chi connectivity index (χ2n) is 3.40. The van der Waals surface area contributed by atoms with E-state index in [2.05, 4.69) is 42.9 Å². The van der Waals surface area contributed by atoms with Crippen LogP contribution in [-0.2, 0) is 18.3 Å². The van der Waals surface area contributed by atoms with Gasteiger partial charge in [-0.3, -0.25) is 0 Å². The molecular formula is C12H19NO2. The van der Waals surface area contributed by atoms with Crippen LogP contribution < -0.4 is 9.67 Å². The first-order valence-electron chi connectivity index (χ1n) is 5.19. The van der Waals surface area contributed by atoms with Gasteiger partial charge < -0.3 is 9.90 Å². The molecule has 15 heavy (non-hydrogen) atoms. The minimum Gasteiger partial charge on any atom is -0.550 e. The zero-order valence-electron chi connectivity index (χ0n) is 9.69. The molecule has 3 nitrogen and oxygen atoms in total.